The second-order valence-corrected chi connectivity index (χ2v) is 6.13. The van der Waals surface area contributed by atoms with Crippen molar-refractivity contribution in [2.45, 2.75) is 0 Å². The first kappa shape index (κ1) is 15.4. The molecule has 0 spiro atoms. The Morgan fingerprint density at radius 2 is 2.00 bits per heavy atom. The first-order chi connectivity index (χ1) is 11.9. The molecule has 25 heavy (non-hydrogen) atoms. The number of aromatic nitrogens is 5. The van der Waals surface area contributed by atoms with Gasteiger partial charge in [-0.25, -0.2) is 14.6 Å². The number of benzene rings is 1. The summed E-state index contributed by atoms with van der Waals surface area (Å²) in [6.45, 7) is 0. The summed E-state index contributed by atoms with van der Waals surface area (Å²) in [5, 5.41) is 6.47. The average Bonchev–Trinajstić information content (AvgIpc) is 3.03. The van der Waals surface area contributed by atoms with Crippen molar-refractivity contribution in [1.82, 2.24) is 24.3 Å². The van der Waals surface area contributed by atoms with Crippen LogP contribution in [-0.4, -0.2) is 30.2 Å². The molecule has 0 atom stereocenters. The molecule has 0 radical (unpaired) electrons. The molecule has 1 amide bonds. The van der Waals surface area contributed by atoms with Gasteiger partial charge in [0.1, 0.15) is 17.8 Å². The van der Waals surface area contributed by atoms with Crippen LogP contribution in [0.5, 0.6) is 0 Å². The van der Waals surface area contributed by atoms with Crippen molar-refractivity contribution in [3.63, 3.8) is 0 Å². The van der Waals surface area contributed by atoms with Crippen molar-refractivity contribution < 1.29 is 4.79 Å². The molecule has 4 rings (SSSR count). The lowest BCUT2D eigenvalue weighted by atomic mass is 10.1. The van der Waals surface area contributed by atoms with Gasteiger partial charge in [0.05, 0.1) is 21.6 Å². The van der Waals surface area contributed by atoms with E-state index < -0.39 is 5.91 Å². The number of halogens is 1. The standard InChI is InChI=1S/C16H14ClN7O/c1-23-9-5-7(15(19)25)3-4-8(9)11(17)13(23)12-10-14(18)20-6-21-16(10)24(2)22-12/h3-6H,1-2H3,(H2,19,25)(H2,18,20,21). The molecular weight excluding hydrogens is 342 g/mol. The molecule has 0 aliphatic heterocycles. The molecule has 0 aliphatic rings. The van der Waals surface area contributed by atoms with Crippen molar-refractivity contribution in [1.29, 1.82) is 0 Å². The molecule has 4 N–H and O–H groups in total. The van der Waals surface area contributed by atoms with Gasteiger partial charge < -0.3 is 16.0 Å². The second-order valence-electron chi connectivity index (χ2n) is 5.75. The lowest BCUT2D eigenvalue weighted by molar-refractivity contribution is 0.100. The van der Waals surface area contributed by atoms with E-state index in [2.05, 4.69) is 15.1 Å². The Balaban J connectivity index is 2.10. The van der Waals surface area contributed by atoms with Gasteiger partial charge in [-0.05, 0) is 12.1 Å². The molecule has 0 unspecified atom stereocenters. The number of nitrogens with two attached hydrogens (primary N) is 2. The van der Waals surface area contributed by atoms with Gasteiger partial charge in [0, 0.05) is 25.0 Å². The van der Waals surface area contributed by atoms with Gasteiger partial charge in [-0.1, -0.05) is 17.7 Å². The van der Waals surface area contributed by atoms with E-state index in [0.29, 0.717) is 38.8 Å². The van der Waals surface area contributed by atoms with Crippen LogP contribution in [0.25, 0.3) is 33.3 Å². The van der Waals surface area contributed by atoms with Gasteiger partial charge in [0.15, 0.2) is 5.65 Å². The topological polar surface area (TPSA) is 118 Å². The highest BCUT2D eigenvalue weighted by Gasteiger charge is 2.23. The minimum Gasteiger partial charge on any atom is -0.383 e. The number of nitrogens with zero attached hydrogens (tertiary/aromatic N) is 5. The number of nitrogen functional groups attached to an aromatic ring is 1. The number of carbonyl (C=O) groups is 1. The Hall–Kier alpha value is -3.13. The SMILES string of the molecule is Cn1nc(-c2c(Cl)c3ccc(C(N)=O)cc3n2C)c2c(N)ncnc21. The van der Waals surface area contributed by atoms with E-state index in [9.17, 15) is 4.79 Å². The Morgan fingerprint density at radius 1 is 1.24 bits per heavy atom. The number of anilines is 1. The van der Waals surface area contributed by atoms with Crippen LogP contribution >= 0.6 is 11.6 Å². The van der Waals surface area contributed by atoms with Crippen LogP contribution in [0.15, 0.2) is 24.5 Å². The maximum Gasteiger partial charge on any atom is 0.248 e. The summed E-state index contributed by atoms with van der Waals surface area (Å²) >= 11 is 6.62. The monoisotopic (exact) mass is 355 g/mol. The lowest BCUT2D eigenvalue weighted by Gasteiger charge is -2.04. The molecule has 3 aromatic heterocycles. The van der Waals surface area contributed by atoms with Gasteiger partial charge in [-0.3, -0.25) is 4.79 Å². The molecule has 0 saturated heterocycles. The average molecular weight is 356 g/mol. The van der Waals surface area contributed by atoms with Crippen molar-refractivity contribution in [3.05, 3.63) is 35.1 Å². The number of amides is 1. The first-order valence-electron chi connectivity index (χ1n) is 7.41. The van der Waals surface area contributed by atoms with Crippen LogP contribution in [-0.2, 0) is 14.1 Å². The van der Waals surface area contributed by atoms with Gasteiger partial charge in [-0.2, -0.15) is 5.10 Å². The third kappa shape index (κ3) is 2.07. The first-order valence-corrected chi connectivity index (χ1v) is 7.79. The Morgan fingerprint density at radius 3 is 2.72 bits per heavy atom. The third-order valence-electron chi connectivity index (χ3n) is 4.30. The van der Waals surface area contributed by atoms with E-state index >= 15 is 0 Å². The van der Waals surface area contributed by atoms with E-state index in [4.69, 9.17) is 23.1 Å². The van der Waals surface area contributed by atoms with Crippen LogP contribution in [0.1, 0.15) is 10.4 Å². The maximum absolute atomic E-state index is 11.5. The maximum atomic E-state index is 11.5. The molecule has 4 aromatic rings. The van der Waals surface area contributed by atoms with E-state index in [1.54, 1.807) is 29.9 Å². The highest BCUT2D eigenvalue weighted by molar-refractivity contribution is 6.39. The normalized spacial score (nSPS) is 11.5. The molecule has 0 aliphatic carbocycles. The third-order valence-corrected chi connectivity index (χ3v) is 4.68. The minimum atomic E-state index is -0.498. The zero-order valence-corrected chi connectivity index (χ0v) is 14.2. The van der Waals surface area contributed by atoms with E-state index in [0.717, 1.165) is 10.9 Å². The van der Waals surface area contributed by atoms with Crippen LogP contribution in [0, 0.1) is 0 Å². The number of primary amides is 1. The summed E-state index contributed by atoms with van der Waals surface area (Å²) in [6.07, 6.45) is 1.39. The zero-order chi connectivity index (χ0) is 17.9. The molecule has 0 saturated carbocycles. The molecular formula is C16H14ClN7O. The fourth-order valence-electron chi connectivity index (χ4n) is 3.08. The summed E-state index contributed by atoms with van der Waals surface area (Å²) in [5.74, 6) is -0.172. The summed E-state index contributed by atoms with van der Waals surface area (Å²) in [5.41, 5.74) is 14.5. The van der Waals surface area contributed by atoms with Gasteiger partial charge in [0.25, 0.3) is 0 Å². The number of rotatable bonds is 2. The lowest BCUT2D eigenvalue weighted by Crippen LogP contribution is -2.10. The van der Waals surface area contributed by atoms with Crippen molar-refractivity contribution in [2.24, 2.45) is 19.8 Å². The molecule has 0 bridgehead atoms. The summed E-state index contributed by atoms with van der Waals surface area (Å²) < 4.78 is 3.49. The highest BCUT2D eigenvalue weighted by Crippen LogP contribution is 2.40. The van der Waals surface area contributed by atoms with E-state index in [-0.39, 0.29) is 0 Å². The molecule has 8 nitrogen and oxygen atoms in total. The summed E-state index contributed by atoms with van der Waals surface area (Å²) in [4.78, 5) is 19.8. The number of carbonyl (C=O) groups excluding carboxylic acids is 1. The molecule has 9 heteroatoms. The van der Waals surface area contributed by atoms with Gasteiger partial charge in [-0.15, -0.1) is 0 Å². The Bertz CT molecular complexity index is 1170. The van der Waals surface area contributed by atoms with E-state index in [1.165, 1.54) is 6.33 Å². The second kappa shape index (κ2) is 5.18. The molecule has 3 heterocycles. The van der Waals surface area contributed by atoms with Crippen molar-refractivity contribution in [2.75, 3.05) is 5.73 Å². The molecule has 1 aromatic carbocycles. The number of hydrogen-bond acceptors (Lipinski definition) is 5. The predicted octanol–water partition coefficient (Wildman–Crippen LogP) is 1.86. The molecule has 126 valence electrons. The predicted molar refractivity (Wildman–Crippen MR) is 96.2 cm³/mol. The quantitative estimate of drug-likeness (QED) is 0.569. The van der Waals surface area contributed by atoms with Crippen LogP contribution in [0.2, 0.25) is 5.02 Å². The number of fused-ring (bicyclic) bond motifs is 2. The minimum absolute atomic E-state index is 0.326. The van der Waals surface area contributed by atoms with Gasteiger partial charge in [0.2, 0.25) is 5.91 Å². The van der Waals surface area contributed by atoms with Crippen LogP contribution in [0.3, 0.4) is 0 Å². The molecule has 0 fully saturated rings. The van der Waals surface area contributed by atoms with Crippen molar-refractivity contribution >= 4 is 45.3 Å². The highest BCUT2D eigenvalue weighted by atomic mass is 35.5. The van der Waals surface area contributed by atoms with Gasteiger partial charge >= 0.3 is 0 Å². The largest absolute Gasteiger partial charge is 0.383 e. The Labute approximate surface area is 147 Å². The summed E-state index contributed by atoms with van der Waals surface area (Å²) in [7, 11) is 3.62. The number of hydrogen-bond donors (Lipinski definition) is 2. The van der Waals surface area contributed by atoms with E-state index in [1.807, 2.05) is 11.6 Å². The number of aryl methyl sites for hydroxylation is 2. The van der Waals surface area contributed by atoms with Crippen LogP contribution < -0.4 is 11.5 Å². The Kier molecular flexibility index (Phi) is 3.19. The fraction of sp³-hybridized carbons (Fsp3) is 0.125. The summed E-state index contributed by atoms with van der Waals surface area (Å²) in [6, 6.07) is 5.12. The zero-order valence-electron chi connectivity index (χ0n) is 13.5. The van der Waals surface area contributed by atoms with Crippen molar-refractivity contribution in [3.8, 4) is 11.4 Å². The smallest absolute Gasteiger partial charge is 0.248 e. The fourth-order valence-corrected chi connectivity index (χ4v) is 3.46. The van der Waals surface area contributed by atoms with Crippen LogP contribution in [0.4, 0.5) is 5.82 Å².